The van der Waals surface area contributed by atoms with E-state index in [2.05, 4.69) is 6.58 Å². The van der Waals surface area contributed by atoms with E-state index in [-0.39, 0.29) is 0 Å². The Morgan fingerprint density at radius 3 is 2.64 bits per heavy atom. The lowest BCUT2D eigenvalue weighted by Gasteiger charge is -2.05. The van der Waals surface area contributed by atoms with Gasteiger partial charge in [0.1, 0.15) is 0 Å². The molecule has 1 aliphatic rings. The van der Waals surface area contributed by atoms with Crippen LogP contribution >= 0.6 is 0 Å². The molecule has 0 fully saturated rings. The summed E-state index contributed by atoms with van der Waals surface area (Å²) in [7, 11) is -2.37. The van der Waals surface area contributed by atoms with E-state index < -0.39 is 9.71 Å². The fourth-order valence-corrected chi connectivity index (χ4v) is 2.74. The van der Waals surface area contributed by atoms with Crippen LogP contribution in [0.5, 0.6) is 0 Å². The van der Waals surface area contributed by atoms with Crippen molar-refractivity contribution in [2.75, 3.05) is 0 Å². The topological polar surface area (TPSA) is 43.1 Å². The quantitative estimate of drug-likeness (QED) is 0.432. The molecule has 0 aromatic carbocycles. The molecule has 1 rings (SSSR count). The van der Waals surface area contributed by atoms with Gasteiger partial charge in [0.05, 0.1) is 9.71 Å². The third kappa shape index (κ3) is 2.59. The molecule has 0 saturated carbocycles. The molecule has 0 amide bonds. The lowest BCUT2D eigenvalue weighted by Crippen LogP contribution is -2.20. The zero-order chi connectivity index (χ0) is 10.8. The van der Waals surface area contributed by atoms with Crippen molar-refractivity contribution in [3.63, 3.8) is 0 Å². The number of nitrogens with two attached hydrogens (primary N) is 1. The summed E-state index contributed by atoms with van der Waals surface area (Å²) in [6.45, 7) is 7.62. The first-order valence-electron chi connectivity index (χ1n) is 4.69. The van der Waals surface area contributed by atoms with Crippen LogP contribution in [0, 0.1) is 0 Å². The summed E-state index contributed by atoms with van der Waals surface area (Å²) in [5, 5.41) is 5.80. The van der Waals surface area contributed by atoms with Crippen LogP contribution in [0.15, 0.2) is 35.3 Å². The molecule has 0 heterocycles. The summed E-state index contributed by atoms with van der Waals surface area (Å²) in [4.78, 5) is 1.70. The number of rotatable bonds is 4. The first kappa shape index (κ1) is 11.3. The van der Waals surface area contributed by atoms with Crippen molar-refractivity contribution < 1.29 is 4.21 Å². The molecule has 0 bridgehead atoms. The molecule has 2 nitrogen and oxygen atoms in total. The average molecular weight is 211 g/mol. The van der Waals surface area contributed by atoms with E-state index in [9.17, 15) is 4.21 Å². The molecular weight excluding hydrogens is 194 g/mol. The molecule has 2 N–H and O–H groups in total. The Morgan fingerprint density at radius 2 is 2.29 bits per heavy atom. The van der Waals surface area contributed by atoms with Gasteiger partial charge >= 0.3 is 0 Å². The highest BCUT2D eigenvalue weighted by molar-refractivity contribution is 8.04. The summed E-state index contributed by atoms with van der Waals surface area (Å²) >= 11 is 0. The Kier molecular flexibility index (Phi) is 3.34. The van der Waals surface area contributed by atoms with Gasteiger partial charge in [0.15, 0.2) is 0 Å². The molecule has 0 aromatic heterocycles. The molecule has 0 radical (unpaired) electrons. The van der Waals surface area contributed by atoms with Gasteiger partial charge in [0, 0.05) is 16.2 Å². The third-order valence-corrected chi connectivity index (χ3v) is 4.37. The van der Waals surface area contributed by atoms with Crippen molar-refractivity contribution in [2.45, 2.75) is 26.7 Å². The first-order valence-corrected chi connectivity index (χ1v) is 6.31. The van der Waals surface area contributed by atoms with Crippen LogP contribution in [-0.2, 0) is 9.71 Å². The van der Waals surface area contributed by atoms with Gasteiger partial charge in [-0.05, 0) is 19.4 Å². The van der Waals surface area contributed by atoms with Gasteiger partial charge in [-0.3, -0.25) is 5.14 Å². The Balaban J connectivity index is 3.06. The van der Waals surface area contributed by atoms with Crippen LogP contribution < -0.4 is 5.14 Å². The fourth-order valence-electron chi connectivity index (χ4n) is 1.13. The van der Waals surface area contributed by atoms with E-state index in [0.29, 0.717) is 0 Å². The predicted octanol–water partition coefficient (Wildman–Crippen LogP) is 2.15. The van der Waals surface area contributed by atoms with Gasteiger partial charge in [0.2, 0.25) is 0 Å². The van der Waals surface area contributed by atoms with Crippen molar-refractivity contribution in [1.82, 2.24) is 0 Å². The molecule has 0 spiro atoms. The molecule has 0 aromatic rings. The zero-order valence-electron chi connectivity index (χ0n) is 8.75. The second-order valence-electron chi connectivity index (χ2n) is 3.47. The minimum Gasteiger partial charge on any atom is -0.255 e. The van der Waals surface area contributed by atoms with Crippen LogP contribution in [0.25, 0.3) is 0 Å². The van der Waals surface area contributed by atoms with E-state index in [1.807, 2.05) is 32.1 Å². The van der Waals surface area contributed by atoms with Crippen molar-refractivity contribution in [3.8, 4) is 0 Å². The Morgan fingerprint density at radius 1 is 1.71 bits per heavy atom. The highest BCUT2D eigenvalue weighted by atomic mass is 32.2. The lowest BCUT2D eigenvalue weighted by molar-refractivity contribution is 0.686. The molecule has 3 heteroatoms. The summed E-state index contributed by atoms with van der Waals surface area (Å²) in [6.07, 6.45) is 7.14. The Bertz CT molecular complexity index is 421. The predicted molar refractivity (Wildman–Crippen MR) is 64.3 cm³/mol. The van der Waals surface area contributed by atoms with Crippen LogP contribution in [0.2, 0.25) is 0 Å². The summed E-state index contributed by atoms with van der Waals surface area (Å²) in [6, 6.07) is 0. The number of hydrogen-bond acceptors (Lipinski definition) is 1. The minimum atomic E-state index is -2.37. The molecule has 1 unspecified atom stereocenters. The maximum Gasteiger partial charge on any atom is 0.0567 e. The van der Waals surface area contributed by atoms with Crippen molar-refractivity contribution in [2.24, 2.45) is 5.14 Å². The van der Waals surface area contributed by atoms with E-state index in [1.54, 1.807) is 0 Å². The molecule has 78 valence electrons. The molecule has 1 aliphatic carbocycles. The summed E-state index contributed by atoms with van der Waals surface area (Å²) < 4.78 is 12.1. The zero-order valence-corrected chi connectivity index (χ0v) is 9.56. The van der Waals surface area contributed by atoms with Gasteiger partial charge in [0.25, 0.3) is 0 Å². The maximum absolute atomic E-state index is 12.1. The Labute approximate surface area is 86.3 Å². The Hall–Kier alpha value is -0.800. The van der Waals surface area contributed by atoms with E-state index in [1.165, 1.54) is 0 Å². The number of hydrogen-bond donors (Lipinski definition) is 1. The maximum atomic E-state index is 12.1. The molecule has 0 saturated heterocycles. The third-order valence-electron chi connectivity index (χ3n) is 2.05. The highest BCUT2D eigenvalue weighted by Crippen LogP contribution is 2.24. The molecule has 14 heavy (non-hydrogen) atoms. The van der Waals surface area contributed by atoms with Crippen LogP contribution in [-0.4, -0.2) is 9.07 Å². The largest absolute Gasteiger partial charge is 0.255 e. The average Bonchev–Trinajstić information content (AvgIpc) is 2.86. The van der Waals surface area contributed by atoms with Crippen LogP contribution in [0.3, 0.4) is 0 Å². The lowest BCUT2D eigenvalue weighted by atomic mass is 10.2. The fraction of sp³-hybridized carbons (Fsp3) is 0.364. The van der Waals surface area contributed by atoms with E-state index in [4.69, 9.17) is 5.14 Å². The van der Waals surface area contributed by atoms with Crippen molar-refractivity contribution in [3.05, 3.63) is 35.3 Å². The standard InChI is InChI=1S/C11H17NOS/c1-4-10(6-5-9(2)3)14(12,13)11-7-8-11/h5-7H,2,4,8H2,1,3H3,(H2,12,13)/b6-5-. The highest BCUT2D eigenvalue weighted by Gasteiger charge is 2.19. The van der Waals surface area contributed by atoms with Gasteiger partial charge in [-0.15, -0.1) is 0 Å². The molecule has 1 atom stereocenters. The second-order valence-corrected chi connectivity index (χ2v) is 5.72. The minimum absolute atomic E-state index is 0.719. The monoisotopic (exact) mass is 211 g/mol. The van der Waals surface area contributed by atoms with Gasteiger partial charge < -0.3 is 0 Å². The summed E-state index contributed by atoms with van der Waals surface area (Å²) in [5.41, 5.74) is 0.941. The van der Waals surface area contributed by atoms with Crippen molar-refractivity contribution in [1.29, 1.82) is 0 Å². The van der Waals surface area contributed by atoms with Crippen LogP contribution in [0.1, 0.15) is 26.7 Å². The van der Waals surface area contributed by atoms with Crippen LogP contribution in [0.4, 0.5) is 0 Å². The first-order chi connectivity index (χ1) is 6.48. The normalized spacial score (nSPS) is 18.9. The molecule has 0 aliphatic heterocycles. The van der Waals surface area contributed by atoms with Gasteiger partial charge in [-0.25, -0.2) is 4.21 Å². The second kappa shape index (κ2) is 4.15. The van der Waals surface area contributed by atoms with Crippen molar-refractivity contribution >= 4 is 14.6 Å². The summed E-state index contributed by atoms with van der Waals surface area (Å²) in [5.74, 6) is 0. The smallest absolute Gasteiger partial charge is 0.0567 e. The SMILES string of the molecule is C=C(C)/C=C\C(CC)=S(N)(=O)C1=CC1. The van der Waals surface area contributed by atoms with E-state index in [0.717, 1.165) is 28.2 Å². The number of allylic oxidation sites excluding steroid dienone is 5. The van der Waals surface area contributed by atoms with E-state index >= 15 is 0 Å². The van der Waals surface area contributed by atoms with Gasteiger partial charge in [-0.1, -0.05) is 31.2 Å². The molecular formula is C11H17NOS. The van der Waals surface area contributed by atoms with Gasteiger partial charge in [-0.2, -0.15) is 0 Å².